The maximum absolute atomic E-state index is 6.52. The molecule has 0 bridgehead atoms. The molecule has 1 aliphatic heterocycles. The number of nitrogens with zero attached hydrogens (tertiary/aromatic N) is 3. The van der Waals surface area contributed by atoms with Gasteiger partial charge in [-0.05, 0) is 37.6 Å². The second-order valence-electron chi connectivity index (χ2n) is 6.73. The summed E-state index contributed by atoms with van der Waals surface area (Å²) in [6, 6.07) is 8.27. The zero-order chi connectivity index (χ0) is 17.6. The number of aryl methyl sites for hydroxylation is 3. The normalized spacial score (nSPS) is 18.2. The van der Waals surface area contributed by atoms with E-state index in [1.165, 1.54) is 5.56 Å². The minimum Gasteiger partial charge on any atom is -0.375 e. The van der Waals surface area contributed by atoms with Crippen LogP contribution >= 0.6 is 11.6 Å². The van der Waals surface area contributed by atoms with Crippen LogP contribution in [0.15, 0.2) is 24.3 Å². The molecule has 0 saturated carbocycles. The highest BCUT2D eigenvalue weighted by molar-refractivity contribution is 6.35. The Bertz CT molecular complexity index is 902. The molecule has 1 atom stereocenters. The summed E-state index contributed by atoms with van der Waals surface area (Å²) >= 11 is 6.52. The van der Waals surface area contributed by atoms with Gasteiger partial charge in [-0.3, -0.25) is 4.57 Å². The Morgan fingerprint density at radius 1 is 1.24 bits per heavy atom. The Morgan fingerprint density at radius 2 is 2.00 bits per heavy atom. The number of hydrogen-bond acceptors (Lipinski definition) is 3. The summed E-state index contributed by atoms with van der Waals surface area (Å²) in [6.45, 7) is 6.75. The number of halogens is 1. The first-order valence-electron chi connectivity index (χ1n) is 8.67. The van der Waals surface area contributed by atoms with Gasteiger partial charge in [0.05, 0.1) is 28.8 Å². The van der Waals surface area contributed by atoms with Crippen molar-refractivity contribution in [1.29, 1.82) is 0 Å². The summed E-state index contributed by atoms with van der Waals surface area (Å²) in [5.74, 6) is 0.895. The van der Waals surface area contributed by atoms with E-state index in [1.807, 2.05) is 13.1 Å². The molecule has 1 aromatic carbocycles. The highest BCUT2D eigenvalue weighted by Gasteiger charge is 2.20. The van der Waals surface area contributed by atoms with Crippen LogP contribution in [0.1, 0.15) is 17.0 Å². The fourth-order valence-corrected chi connectivity index (χ4v) is 3.94. The van der Waals surface area contributed by atoms with Crippen molar-refractivity contribution < 1.29 is 4.74 Å². The van der Waals surface area contributed by atoms with Crippen molar-refractivity contribution in [2.75, 3.05) is 19.7 Å². The van der Waals surface area contributed by atoms with Crippen LogP contribution in [0.3, 0.4) is 0 Å². The van der Waals surface area contributed by atoms with Crippen molar-refractivity contribution in [1.82, 2.24) is 19.4 Å². The van der Waals surface area contributed by atoms with Gasteiger partial charge in [0.15, 0.2) is 0 Å². The molecule has 1 saturated heterocycles. The molecule has 6 heteroatoms. The third kappa shape index (κ3) is 2.86. The number of ether oxygens (including phenoxy) is 1. The predicted molar refractivity (Wildman–Crippen MR) is 101 cm³/mol. The molecule has 132 valence electrons. The van der Waals surface area contributed by atoms with E-state index in [2.05, 4.69) is 46.5 Å². The van der Waals surface area contributed by atoms with Crippen molar-refractivity contribution >= 4 is 22.6 Å². The van der Waals surface area contributed by atoms with Crippen molar-refractivity contribution in [2.24, 2.45) is 7.05 Å². The van der Waals surface area contributed by atoms with Gasteiger partial charge in [-0.15, -0.1) is 0 Å². The first-order valence-corrected chi connectivity index (χ1v) is 9.05. The molecule has 25 heavy (non-hydrogen) atoms. The van der Waals surface area contributed by atoms with Gasteiger partial charge in [0.2, 0.25) is 5.95 Å². The number of rotatable bonds is 3. The average Bonchev–Trinajstić information content (AvgIpc) is 3.11. The summed E-state index contributed by atoms with van der Waals surface area (Å²) in [7, 11) is 2.03. The SMILES string of the molecule is Cc1ccc(C)n1-c1nc2c(CC3CNCCO3)ccc(Cl)c2n1C. The Morgan fingerprint density at radius 3 is 2.68 bits per heavy atom. The molecule has 5 nitrogen and oxygen atoms in total. The number of aromatic nitrogens is 3. The fourth-order valence-electron chi connectivity index (χ4n) is 3.66. The van der Waals surface area contributed by atoms with E-state index in [9.17, 15) is 0 Å². The number of imidazole rings is 1. The van der Waals surface area contributed by atoms with Gasteiger partial charge < -0.3 is 14.6 Å². The lowest BCUT2D eigenvalue weighted by atomic mass is 10.1. The predicted octanol–water partition coefficient (Wildman–Crippen LogP) is 3.17. The molecule has 2 aromatic heterocycles. The Labute approximate surface area is 152 Å². The standard InChI is InChI=1S/C19H23ClN4O/c1-12-4-5-13(2)24(12)19-22-17-14(10-15-11-21-8-9-25-15)6-7-16(20)18(17)23(19)3/h4-7,15,21H,8-11H2,1-3H3. The van der Waals surface area contributed by atoms with Gasteiger partial charge in [-0.1, -0.05) is 17.7 Å². The lowest BCUT2D eigenvalue weighted by Crippen LogP contribution is -2.39. The molecule has 0 spiro atoms. The summed E-state index contributed by atoms with van der Waals surface area (Å²) in [4.78, 5) is 4.97. The van der Waals surface area contributed by atoms with Gasteiger partial charge in [-0.25, -0.2) is 4.98 Å². The third-order valence-electron chi connectivity index (χ3n) is 4.96. The second kappa shape index (κ2) is 6.48. The number of morpholine rings is 1. The molecule has 0 radical (unpaired) electrons. The van der Waals surface area contributed by atoms with Crippen LogP contribution in [0.2, 0.25) is 5.02 Å². The van der Waals surface area contributed by atoms with Crippen LogP contribution in [-0.2, 0) is 18.2 Å². The largest absolute Gasteiger partial charge is 0.375 e. The maximum Gasteiger partial charge on any atom is 0.215 e. The topological polar surface area (TPSA) is 44.0 Å². The molecule has 1 fully saturated rings. The molecule has 0 amide bonds. The third-order valence-corrected chi connectivity index (χ3v) is 5.26. The van der Waals surface area contributed by atoms with Crippen LogP contribution in [0, 0.1) is 13.8 Å². The molecule has 1 aliphatic rings. The summed E-state index contributed by atoms with van der Waals surface area (Å²) in [5, 5.41) is 4.11. The van der Waals surface area contributed by atoms with Gasteiger partial charge in [0.25, 0.3) is 0 Å². The summed E-state index contributed by atoms with van der Waals surface area (Å²) in [5.41, 5.74) is 5.44. The van der Waals surface area contributed by atoms with E-state index in [1.54, 1.807) is 0 Å². The Balaban J connectivity index is 1.84. The molecule has 4 rings (SSSR count). The number of fused-ring (bicyclic) bond motifs is 1. The summed E-state index contributed by atoms with van der Waals surface area (Å²) in [6.07, 6.45) is 1.01. The van der Waals surface area contributed by atoms with Crippen LogP contribution in [-0.4, -0.2) is 39.9 Å². The Hall–Kier alpha value is -1.82. The minimum atomic E-state index is 0.179. The first kappa shape index (κ1) is 16.6. The summed E-state index contributed by atoms with van der Waals surface area (Å²) < 4.78 is 10.1. The fraction of sp³-hybridized carbons (Fsp3) is 0.421. The lowest BCUT2D eigenvalue weighted by Gasteiger charge is -2.23. The minimum absolute atomic E-state index is 0.179. The zero-order valence-electron chi connectivity index (χ0n) is 14.8. The van der Waals surface area contributed by atoms with Crippen molar-refractivity contribution in [2.45, 2.75) is 26.4 Å². The van der Waals surface area contributed by atoms with E-state index < -0.39 is 0 Å². The van der Waals surface area contributed by atoms with E-state index in [4.69, 9.17) is 21.3 Å². The highest BCUT2D eigenvalue weighted by Crippen LogP contribution is 2.30. The number of benzene rings is 1. The average molecular weight is 359 g/mol. The quantitative estimate of drug-likeness (QED) is 0.782. The smallest absolute Gasteiger partial charge is 0.215 e. The lowest BCUT2D eigenvalue weighted by molar-refractivity contribution is 0.0294. The molecule has 3 aromatic rings. The highest BCUT2D eigenvalue weighted by atomic mass is 35.5. The van der Waals surface area contributed by atoms with Crippen molar-refractivity contribution in [3.63, 3.8) is 0 Å². The number of hydrogen-bond donors (Lipinski definition) is 1. The van der Waals surface area contributed by atoms with Crippen LogP contribution in [0.5, 0.6) is 0 Å². The molecule has 1 N–H and O–H groups in total. The van der Waals surface area contributed by atoms with Gasteiger partial charge >= 0.3 is 0 Å². The molecule has 0 aliphatic carbocycles. The van der Waals surface area contributed by atoms with Crippen molar-refractivity contribution in [3.8, 4) is 5.95 Å². The van der Waals surface area contributed by atoms with Crippen LogP contribution < -0.4 is 5.32 Å². The van der Waals surface area contributed by atoms with Crippen molar-refractivity contribution in [3.05, 3.63) is 46.2 Å². The Kier molecular flexibility index (Phi) is 4.31. The zero-order valence-corrected chi connectivity index (χ0v) is 15.6. The van der Waals surface area contributed by atoms with E-state index in [0.29, 0.717) is 0 Å². The number of nitrogens with one attached hydrogen (secondary N) is 1. The van der Waals surface area contributed by atoms with E-state index in [-0.39, 0.29) is 6.10 Å². The van der Waals surface area contributed by atoms with E-state index >= 15 is 0 Å². The molecular formula is C19H23ClN4O. The van der Waals surface area contributed by atoms with Crippen LogP contribution in [0.4, 0.5) is 0 Å². The van der Waals surface area contributed by atoms with Gasteiger partial charge in [0, 0.05) is 37.9 Å². The molecule has 1 unspecified atom stereocenters. The maximum atomic E-state index is 6.52. The monoisotopic (exact) mass is 358 g/mol. The second-order valence-corrected chi connectivity index (χ2v) is 7.13. The van der Waals surface area contributed by atoms with Crippen LogP contribution in [0.25, 0.3) is 17.0 Å². The van der Waals surface area contributed by atoms with E-state index in [0.717, 1.165) is 59.5 Å². The molecular weight excluding hydrogens is 336 g/mol. The first-order chi connectivity index (χ1) is 12.1. The van der Waals surface area contributed by atoms with Gasteiger partial charge in [-0.2, -0.15) is 0 Å². The molecule has 3 heterocycles. The van der Waals surface area contributed by atoms with Gasteiger partial charge in [0.1, 0.15) is 0 Å².